The summed E-state index contributed by atoms with van der Waals surface area (Å²) in [6.07, 6.45) is 0.317. The van der Waals surface area contributed by atoms with Crippen LogP contribution in [0.4, 0.5) is 10.2 Å². The molecular formula is C20H16ClFN4OS2. The van der Waals surface area contributed by atoms with Crippen LogP contribution >= 0.6 is 34.7 Å². The molecule has 0 aliphatic carbocycles. The van der Waals surface area contributed by atoms with Crippen LogP contribution in [0.2, 0.25) is 5.02 Å². The molecule has 0 spiro atoms. The van der Waals surface area contributed by atoms with Crippen LogP contribution in [-0.2, 0) is 4.79 Å². The number of nitrogens with one attached hydrogen (secondary N) is 1. The van der Waals surface area contributed by atoms with Gasteiger partial charge in [0.1, 0.15) is 17.2 Å². The molecule has 2 aromatic carbocycles. The van der Waals surface area contributed by atoms with Crippen LogP contribution in [-0.4, -0.2) is 26.4 Å². The van der Waals surface area contributed by atoms with E-state index in [0.717, 1.165) is 20.8 Å². The van der Waals surface area contributed by atoms with E-state index in [0.29, 0.717) is 28.1 Å². The average molecular weight is 447 g/mol. The zero-order chi connectivity index (χ0) is 20.4. The molecule has 1 amide bonds. The van der Waals surface area contributed by atoms with Crippen molar-refractivity contribution in [1.82, 2.24) is 14.8 Å². The molecule has 4 aromatic rings. The van der Waals surface area contributed by atoms with Crippen molar-refractivity contribution in [3.8, 4) is 5.13 Å². The quantitative estimate of drug-likeness (QED) is 0.386. The Hall–Kier alpha value is -2.42. The van der Waals surface area contributed by atoms with E-state index in [1.54, 1.807) is 28.9 Å². The van der Waals surface area contributed by atoms with Crippen molar-refractivity contribution in [3.05, 3.63) is 65.1 Å². The molecule has 2 aromatic heterocycles. The van der Waals surface area contributed by atoms with Gasteiger partial charge in [-0.3, -0.25) is 4.79 Å². The Balaban J connectivity index is 1.45. The van der Waals surface area contributed by atoms with Gasteiger partial charge in [0, 0.05) is 23.1 Å². The van der Waals surface area contributed by atoms with E-state index in [4.69, 9.17) is 11.6 Å². The Morgan fingerprint density at radius 1 is 1.28 bits per heavy atom. The SMILES string of the molecule is Cc1cc(NC(=O)CCSc2ccc(F)cc2)n(-c2nc3c(Cl)cccc3s2)n1. The molecule has 0 saturated heterocycles. The topological polar surface area (TPSA) is 59.8 Å². The summed E-state index contributed by atoms with van der Waals surface area (Å²) in [6.45, 7) is 1.86. The number of para-hydroxylation sites is 1. The third-order valence-electron chi connectivity index (χ3n) is 4.05. The number of hydrogen-bond donors (Lipinski definition) is 1. The van der Waals surface area contributed by atoms with Crippen LogP contribution in [0.25, 0.3) is 15.3 Å². The van der Waals surface area contributed by atoms with Crippen molar-refractivity contribution in [2.75, 3.05) is 11.1 Å². The molecule has 0 saturated carbocycles. The number of aromatic nitrogens is 3. The van der Waals surface area contributed by atoms with E-state index in [9.17, 15) is 9.18 Å². The summed E-state index contributed by atoms with van der Waals surface area (Å²) in [4.78, 5) is 17.9. The van der Waals surface area contributed by atoms with E-state index in [1.807, 2.05) is 19.1 Å². The maximum Gasteiger partial charge on any atom is 0.226 e. The molecule has 1 N–H and O–H groups in total. The molecule has 29 heavy (non-hydrogen) atoms. The number of aryl methyl sites for hydroxylation is 1. The number of rotatable bonds is 6. The van der Waals surface area contributed by atoms with Crippen LogP contribution in [0.1, 0.15) is 12.1 Å². The van der Waals surface area contributed by atoms with Gasteiger partial charge in [-0.25, -0.2) is 9.37 Å². The summed E-state index contributed by atoms with van der Waals surface area (Å²) < 4.78 is 15.5. The fourth-order valence-corrected chi connectivity index (χ4v) is 4.81. The molecule has 0 aliphatic heterocycles. The second-order valence-corrected chi connectivity index (χ2v) is 8.85. The second-order valence-electron chi connectivity index (χ2n) is 6.27. The summed E-state index contributed by atoms with van der Waals surface area (Å²) in [5.41, 5.74) is 1.49. The monoisotopic (exact) mass is 446 g/mol. The lowest BCUT2D eigenvalue weighted by Gasteiger charge is -2.06. The van der Waals surface area contributed by atoms with Gasteiger partial charge in [0.2, 0.25) is 11.0 Å². The first kappa shape index (κ1) is 19.9. The zero-order valence-electron chi connectivity index (χ0n) is 15.4. The molecule has 2 heterocycles. The van der Waals surface area contributed by atoms with Crippen molar-refractivity contribution in [3.63, 3.8) is 0 Å². The predicted octanol–water partition coefficient (Wildman–Crippen LogP) is 5.70. The highest BCUT2D eigenvalue weighted by atomic mass is 35.5. The van der Waals surface area contributed by atoms with Crippen molar-refractivity contribution in [1.29, 1.82) is 0 Å². The summed E-state index contributed by atoms with van der Waals surface area (Å²) in [5, 5.41) is 8.58. The fraction of sp³-hybridized carbons (Fsp3) is 0.150. The highest BCUT2D eigenvalue weighted by molar-refractivity contribution is 7.99. The van der Waals surface area contributed by atoms with Crippen molar-refractivity contribution in [2.24, 2.45) is 0 Å². The minimum atomic E-state index is -0.271. The molecule has 0 radical (unpaired) electrons. The predicted molar refractivity (Wildman–Crippen MR) is 117 cm³/mol. The number of nitrogens with zero attached hydrogens (tertiary/aromatic N) is 3. The van der Waals surface area contributed by atoms with Crippen LogP contribution in [0, 0.1) is 12.7 Å². The number of thiazole rings is 1. The first-order valence-electron chi connectivity index (χ1n) is 8.80. The second kappa shape index (κ2) is 8.52. The first-order chi connectivity index (χ1) is 14.0. The van der Waals surface area contributed by atoms with Crippen molar-refractivity contribution in [2.45, 2.75) is 18.2 Å². The average Bonchev–Trinajstić information content (AvgIpc) is 3.27. The van der Waals surface area contributed by atoms with E-state index in [2.05, 4.69) is 15.4 Å². The van der Waals surface area contributed by atoms with E-state index >= 15 is 0 Å². The highest BCUT2D eigenvalue weighted by Gasteiger charge is 2.15. The Morgan fingerprint density at radius 2 is 2.07 bits per heavy atom. The molecule has 4 rings (SSSR count). The van der Waals surface area contributed by atoms with Gasteiger partial charge in [-0.2, -0.15) is 9.78 Å². The van der Waals surface area contributed by atoms with E-state index in [1.165, 1.54) is 35.2 Å². The largest absolute Gasteiger partial charge is 0.310 e. The minimum absolute atomic E-state index is 0.125. The number of amides is 1. The van der Waals surface area contributed by atoms with Crippen LogP contribution in [0.15, 0.2) is 53.4 Å². The molecular weight excluding hydrogens is 431 g/mol. The number of hydrogen-bond acceptors (Lipinski definition) is 5. The lowest BCUT2D eigenvalue weighted by atomic mass is 10.3. The molecule has 0 unspecified atom stereocenters. The van der Waals surface area contributed by atoms with Gasteiger partial charge in [-0.05, 0) is 43.3 Å². The van der Waals surface area contributed by atoms with Gasteiger partial charge in [0.15, 0.2) is 0 Å². The first-order valence-corrected chi connectivity index (χ1v) is 11.0. The number of carbonyl (C=O) groups is 1. The number of anilines is 1. The molecule has 0 atom stereocenters. The molecule has 9 heteroatoms. The number of thioether (sulfide) groups is 1. The third-order valence-corrected chi connectivity index (χ3v) is 6.37. The molecule has 0 bridgehead atoms. The molecule has 0 aliphatic rings. The van der Waals surface area contributed by atoms with E-state index in [-0.39, 0.29) is 11.7 Å². The Bertz CT molecular complexity index is 1170. The van der Waals surface area contributed by atoms with Crippen molar-refractivity contribution >= 4 is 56.6 Å². The number of fused-ring (bicyclic) bond motifs is 1. The lowest BCUT2D eigenvalue weighted by molar-refractivity contribution is -0.115. The summed E-state index contributed by atoms with van der Waals surface area (Å²) in [5.74, 6) is 0.752. The molecule has 5 nitrogen and oxygen atoms in total. The molecule has 0 fully saturated rings. The maximum absolute atomic E-state index is 13.0. The van der Waals surface area contributed by atoms with Crippen molar-refractivity contribution < 1.29 is 9.18 Å². The Morgan fingerprint density at radius 3 is 2.83 bits per heavy atom. The lowest BCUT2D eigenvalue weighted by Crippen LogP contribution is -2.15. The number of halogens is 2. The Kier molecular flexibility index (Phi) is 5.84. The normalized spacial score (nSPS) is 11.1. The van der Waals surface area contributed by atoms with Crippen LogP contribution < -0.4 is 5.32 Å². The third kappa shape index (κ3) is 4.60. The summed E-state index contributed by atoms with van der Waals surface area (Å²) >= 11 is 9.18. The maximum atomic E-state index is 13.0. The Labute approximate surface area is 179 Å². The molecule has 148 valence electrons. The van der Waals surface area contributed by atoms with Crippen LogP contribution in [0.3, 0.4) is 0 Å². The smallest absolute Gasteiger partial charge is 0.226 e. The standard InChI is InChI=1S/C20H16ClFN4OS2/c1-12-11-17(23-18(27)9-10-28-14-7-5-13(22)6-8-14)26(25-12)20-24-19-15(21)3-2-4-16(19)29-20/h2-8,11H,9-10H2,1H3,(H,23,27). The summed E-state index contributed by atoms with van der Waals surface area (Å²) in [7, 11) is 0. The number of benzene rings is 2. The fourth-order valence-electron chi connectivity index (χ4n) is 2.73. The summed E-state index contributed by atoms with van der Waals surface area (Å²) in [6, 6.07) is 13.7. The number of carbonyl (C=O) groups excluding carboxylic acids is 1. The van der Waals surface area contributed by atoms with Gasteiger partial charge in [0.05, 0.1) is 15.4 Å². The van der Waals surface area contributed by atoms with Gasteiger partial charge in [-0.1, -0.05) is 29.0 Å². The highest BCUT2D eigenvalue weighted by Crippen LogP contribution is 2.31. The van der Waals surface area contributed by atoms with Gasteiger partial charge in [-0.15, -0.1) is 11.8 Å². The zero-order valence-corrected chi connectivity index (χ0v) is 17.7. The van der Waals surface area contributed by atoms with Gasteiger partial charge in [0.25, 0.3) is 0 Å². The van der Waals surface area contributed by atoms with Gasteiger partial charge < -0.3 is 5.32 Å². The van der Waals surface area contributed by atoms with E-state index < -0.39 is 0 Å². The van der Waals surface area contributed by atoms with Crippen LogP contribution in [0.5, 0.6) is 0 Å². The minimum Gasteiger partial charge on any atom is -0.310 e. The van der Waals surface area contributed by atoms with Gasteiger partial charge >= 0.3 is 0 Å².